The second kappa shape index (κ2) is 6.28. The molecule has 1 aromatic carbocycles. The molecule has 0 amide bonds. The van der Waals surface area contributed by atoms with Gasteiger partial charge in [-0.25, -0.2) is 9.78 Å². The summed E-state index contributed by atoms with van der Waals surface area (Å²) in [5.41, 5.74) is 3.92. The van der Waals surface area contributed by atoms with E-state index in [0.717, 1.165) is 19.3 Å². The Kier molecular flexibility index (Phi) is 4.19. The van der Waals surface area contributed by atoms with Crippen molar-refractivity contribution in [2.24, 2.45) is 0 Å². The van der Waals surface area contributed by atoms with Crippen molar-refractivity contribution in [3.05, 3.63) is 58.7 Å². The van der Waals surface area contributed by atoms with E-state index in [0.29, 0.717) is 11.3 Å². The Balaban J connectivity index is 1.70. The molecule has 0 fully saturated rings. The summed E-state index contributed by atoms with van der Waals surface area (Å²) >= 11 is 0. The van der Waals surface area contributed by atoms with Gasteiger partial charge in [-0.2, -0.15) is 0 Å². The van der Waals surface area contributed by atoms with E-state index in [9.17, 15) is 9.59 Å². The quantitative estimate of drug-likeness (QED) is 0.641. The number of hydrogen-bond acceptors (Lipinski definition) is 5. The van der Waals surface area contributed by atoms with Gasteiger partial charge in [0.1, 0.15) is 0 Å². The van der Waals surface area contributed by atoms with E-state index >= 15 is 0 Å². The summed E-state index contributed by atoms with van der Waals surface area (Å²) in [5, 5.41) is 0. The highest BCUT2D eigenvalue weighted by molar-refractivity contribution is 6.01. The SMILES string of the molecule is Cc1cnc(C(=O)O[C@H](C)C(=O)c2ccc3c(c2)CCC3)cn1. The van der Waals surface area contributed by atoms with Crippen LogP contribution >= 0.6 is 0 Å². The van der Waals surface area contributed by atoms with Crippen LogP contribution in [0.15, 0.2) is 30.6 Å². The zero-order chi connectivity index (χ0) is 16.4. The largest absolute Gasteiger partial charge is 0.449 e. The number of carbonyl (C=O) groups excluding carboxylic acids is 2. The first-order valence-electron chi connectivity index (χ1n) is 7.70. The average molecular weight is 310 g/mol. The van der Waals surface area contributed by atoms with Crippen LogP contribution in [0.5, 0.6) is 0 Å². The molecule has 1 heterocycles. The summed E-state index contributed by atoms with van der Waals surface area (Å²) in [4.78, 5) is 32.4. The predicted octanol–water partition coefficient (Wildman–Crippen LogP) is 2.70. The lowest BCUT2D eigenvalue weighted by Crippen LogP contribution is -2.25. The van der Waals surface area contributed by atoms with E-state index in [2.05, 4.69) is 9.97 Å². The number of ether oxygens (including phenoxy) is 1. The number of aromatic nitrogens is 2. The van der Waals surface area contributed by atoms with Crippen molar-refractivity contribution in [2.75, 3.05) is 0 Å². The van der Waals surface area contributed by atoms with Crippen LogP contribution in [0.3, 0.4) is 0 Å². The van der Waals surface area contributed by atoms with Gasteiger partial charge in [0.05, 0.1) is 11.9 Å². The molecule has 1 aliphatic carbocycles. The van der Waals surface area contributed by atoms with E-state index in [1.54, 1.807) is 13.8 Å². The maximum Gasteiger partial charge on any atom is 0.359 e. The zero-order valence-electron chi connectivity index (χ0n) is 13.2. The highest BCUT2D eigenvalue weighted by Crippen LogP contribution is 2.23. The van der Waals surface area contributed by atoms with Gasteiger partial charge in [-0.15, -0.1) is 0 Å². The van der Waals surface area contributed by atoms with Crippen molar-refractivity contribution in [3.63, 3.8) is 0 Å². The summed E-state index contributed by atoms with van der Waals surface area (Å²) in [6.07, 6.45) is 5.19. The molecule has 0 unspecified atom stereocenters. The monoisotopic (exact) mass is 310 g/mol. The van der Waals surface area contributed by atoms with Crippen LogP contribution in [0.2, 0.25) is 0 Å². The molecule has 0 N–H and O–H groups in total. The zero-order valence-corrected chi connectivity index (χ0v) is 13.2. The maximum absolute atomic E-state index is 12.5. The Morgan fingerprint density at radius 2 is 1.91 bits per heavy atom. The number of benzene rings is 1. The summed E-state index contributed by atoms with van der Waals surface area (Å²) in [6.45, 7) is 3.36. The second-order valence-corrected chi connectivity index (χ2v) is 5.79. The Bertz CT molecular complexity index is 753. The molecule has 0 aliphatic heterocycles. The van der Waals surface area contributed by atoms with Crippen LogP contribution < -0.4 is 0 Å². The van der Waals surface area contributed by atoms with Crippen molar-refractivity contribution in [3.8, 4) is 0 Å². The molecule has 0 saturated carbocycles. The lowest BCUT2D eigenvalue weighted by Gasteiger charge is -2.12. The van der Waals surface area contributed by atoms with Gasteiger partial charge in [0, 0.05) is 11.8 Å². The van der Waals surface area contributed by atoms with Crippen LogP contribution in [0, 0.1) is 6.92 Å². The number of aryl methyl sites for hydroxylation is 3. The first kappa shape index (κ1) is 15.3. The highest BCUT2D eigenvalue weighted by Gasteiger charge is 2.22. The molecule has 3 rings (SSSR count). The van der Waals surface area contributed by atoms with Crippen molar-refractivity contribution in [1.29, 1.82) is 0 Å². The van der Waals surface area contributed by atoms with E-state index in [-0.39, 0.29) is 11.5 Å². The first-order chi connectivity index (χ1) is 11.0. The van der Waals surface area contributed by atoms with Gasteiger partial charge in [-0.3, -0.25) is 9.78 Å². The van der Waals surface area contributed by atoms with Crippen LogP contribution in [-0.4, -0.2) is 27.8 Å². The lowest BCUT2D eigenvalue weighted by molar-refractivity contribution is 0.0312. The lowest BCUT2D eigenvalue weighted by atomic mass is 10.0. The molecule has 118 valence electrons. The molecular formula is C18H18N2O3. The van der Waals surface area contributed by atoms with E-state index in [1.807, 2.05) is 18.2 Å². The smallest absolute Gasteiger partial charge is 0.359 e. The van der Waals surface area contributed by atoms with Crippen LogP contribution in [0.1, 0.15) is 51.0 Å². The number of fused-ring (bicyclic) bond motifs is 1. The molecule has 0 spiro atoms. The Labute approximate surface area is 134 Å². The fraction of sp³-hybridized carbons (Fsp3) is 0.333. The van der Waals surface area contributed by atoms with Crippen molar-refractivity contribution in [1.82, 2.24) is 9.97 Å². The molecule has 1 aromatic heterocycles. The van der Waals surface area contributed by atoms with Crippen molar-refractivity contribution in [2.45, 2.75) is 39.2 Å². The van der Waals surface area contributed by atoms with Crippen LogP contribution in [-0.2, 0) is 17.6 Å². The van der Waals surface area contributed by atoms with Crippen LogP contribution in [0.25, 0.3) is 0 Å². The molecule has 23 heavy (non-hydrogen) atoms. The number of esters is 1. The predicted molar refractivity (Wildman–Crippen MR) is 84.4 cm³/mol. The normalized spacial score (nSPS) is 14.2. The number of Topliss-reactive ketones (excluding diaryl/α,β-unsaturated/α-hetero) is 1. The highest BCUT2D eigenvalue weighted by atomic mass is 16.5. The Morgan fingerprint density at radius 3 is 2.65 bits per heavy atom. The van der Waals surface area contributed by atoms with Gasteiger partial charge < -0.3 is 4.74 Å². The summed E-state index contributed by atoms with van der Waals surface area (Å²) in [7, 11) is 0. The molecule has 1 atom stereocenters. The molecule has 0 bridgehead atoms. The average Bonchev–Trinajstić information content (AvgIpc) is 3.02. The third-order valence-electron chi connectivity index (χ3n) is 4.03. The van der Waals surface area contributed by atoms with Gasteiger partial charge >= 0.3 is 5.97 Å². The van der Waals surface area contributed by atoms with Gasteiger partial charge in [0.15, 0.2) is 11.8 Å². The van der Waals surface area contributed by atoms with Crippen molar-refractivity contribution < 1.29 is 14.3 Å². The topological polar surface area (TPSA) is 69.2 Å². The molecular weight excluding hydrogens is 292 g/mol. The molecule has 1 aliphatic rings. The molecule has 0 radical (unpaired) electrons. The summed E-state index contributed by atoms with van der Waals surface area (Å²) < 4.78 is 5.22. The number of carbonyl (C=O) groups is 2. The van der Waals surface area contributed by atoms with Gasteiger partial charge in [0.2, 0.25) is 5.78 Å². The van der Waals surface area contributed by atoms with Gasteiger partial charge in [-0.05, 0) is 50.3 Å². The van der Waals surface area contributed by atoms with Gasteiger partial charge in [0.25, 0.3) is 0 Å². The number of ketones is 1. The fourth-order valence-corrected chi connectivity index (χ4v) is 2.73. The summed E-state index contributed by atoms with van der Waals surface area (Å²) in [6, 6.07) is 5.72. The number of hydrogen-bond donors (Lipinski definition) is 0. The first-order valence-corrected chi connectivity index (χ1v) is 7.70. The van der Waals surface area contributed by atoms with E-state index < -0.39 is 12.1 Å². The Morgan fingerprint density at radius 1 is 1.13 bits per heavy atom. The van der Waals surface area contributed by atoms with Crippen molar-refractivity contribution >= 4 is 11.8 Å². The Hall–Kier alpha value is -2.56. The third-order valence-corrected chi connectivity index (χ3v) is 4.03. The minimum Gasteiger partial charge on any atom is -0.449 e. The minimum absolute atomic E-state index is 0.101. The van der Waals surface area contributed by atoms with Gasteiger partial charge in [-0.1, -0.05) is 12.1 Å². The molecule has 5 heteroatoms. The summed E-state index contributed by atoms with van der Waals surface area (Å²) in [5.74, 6) is -0.840. The number of rotatable bonds is 4. The second-order valence-electron chi connectivity index (χ2n) is 5.79. The molecule has 5 nitrogen and oxygen atoms in total. The maximum atomic E-state index is 12.5. The molecule has 0 saturated heterocycles. The minimum atomic E-state index is -0.856. The standard InChI is InChI=1S/C18H18N2O3/c1-11-9-20-16(10-19-11)18(22)23-12(2)17(21)15-7-6-13-4-3-5-14(13)8-15/h6-10,12H,3-5H2,1-2H3/t12-/m1/s1. The van der Waals surface area contributed by atoms with E-state index in [1.165, 1.54) is 23.5 Å². The molecule has 2 aromatic rings. The van der Waals surface area contributed by atoms with Crippen LogP contribution in [0.4, 0.5) is 0 Å². The fourth-order valence-electron chi connectivity index (χ4n) is 2.73. The van der Waals surface area contributed by atoms with E-state index in [4.69, 9.17) is 4.74 Å². The number of nitrogens with zero attached hydrogens (tertiary/aromatic N) is 2. The third kappa shape index (κ3) is 3.28.